The summed E-state index contributed by atoms with van der Waals surface area (Å²) in [5.41, 5.74) is 2.08. The SMILES string of the molecule is CCOc1ccc(C(=O)Nc2ccc(C)cc2Cl)cc1OC. The van der Waals surface area contributed by atoms with Crippen molar-refractivity contribution < 1.29 is 14.3 Å². The third-order valence-electron chi connectivity index (χ3n) is 3.10. The average molecular weight is 320 g/mol. The van der Waals surface area contributed by atoms with Crippen LogP contribution in [-0.4, -0.2) is 19.6 Å². The van der Waals surface area contributed by atoms with E-state index < -0.39 is 0 Å². The van der Waals surface area contributed by atoms with Crippen molar-refractivity contribution in [3.05, 3.63) is 52.5 Å². The standard InChI is InChI=1S/C17H18ClNO3/c1-4-22-15-8-6-12(10-16(15)21-3)17(20)19-14-7-5-11(2)9-13(14)18/h5-10H,4H2,1-3H3,(H,19,20). The van der Waals surface area contributed by atoms with E-state index in [1.54, 1.807) is 30.3 Å². The van der Waals surface area contributed by atoms with Gasteiger partial charge >= 0.3 is 0 Å². The highest BCUT2D eigenvalue weighted by Gasteiger charge is 2.12. The Morgan fingerprint density at radius 1 is 1.18 bits per heavy atom. The lowest BCUT2D eigenvalue weighted by Crippen LogP contribution is -2.12. The van der Waals surface area contributed by atoms with Gasteiger partial charge in [-0.15, -0.1) is 0 Å². The van der Waals surface area contributed by atoms with E-state index in [0.29, 0.717) is 34.4 Å². The van der Waals surface area contributed by atoms with Crippen LogP contribution in [-0.2, 0) is 0 Å². The van der Waals surface area contributed by atoms with E-state index in [1.165, 1.54) is 7.11 Å². The molecule has 0 aliphatic carbocycles. The number of hydrogen-bond acceptors (Lipinski definition) is 3. The Bertz CT molecular complexity index is 686. The molecule has 0 aromatic heterocycles. The Balaban J connectivity index is 2.22. The normalized spacial score (nSPS) is 10.2. The lowest BCUT2D eigenvalue weighted by Gasteiger charge is -2.12. The number of carbonyl (C=O) groups is 1. The van der Waals surface area contributed by atoms with Crippen LogP contribution in [0.2, 0.25) is 5.02 Å². The fourth-order valence-electron chi connectivity index (χ4n) is 2.00. The predicted octanol–water partition coefficient (Wildman–Crippen LogP) is 4.31. The summed E-state index contributed by atoms with van der Waals surface area (Å²) < 4.78 is 10.7. The monoisotopic (exact) mass is 319 g/mol. The Morgan fingerprint density at radius 3 is 2.59 bits per heavy atom. The zero-order valence-electron chi connectivity index (χ0n) is 12.8. The topological polar surface area (TPSA) is 47.6 Å². The van der Waals surface area contributed by atoms with Crippen LogP contribution < -0.4 is 14.8 Å². The first kappa shape index (κ1) is 16.2. The first-order valence-corrected chi connectivity index (χ1v) is 7.31. The van der Waals surface area contributed by atoms with Crippen molar-refractivity contribution in [3.63, 3.8) is 0 Å². The molecule has 0 atom stereocenters. The Labute approximate surface area is 135 Å². The zero-order valence-corrected chi connectivity index (χ0v) is 13.5. The van der Waals surface area contributed by atoms with Crippen molar-refractivity contribution in [2.75, 3.05) is 19.0 Å². The quantitative estimate of drug-likeness (QED) is 0.893. The fraction of sp³-hybridized carbons (Fsp3) is 0.235. The van der Waals surface area contributed by atoms with Gasteiger partial charge in [-0.3, -0.25) is 4.79 Å². The minimum atomic E-state index is -0.257. The second-order valence-corrected chi connectivity index (χ2v) is 5.14. The van der Waals surface area contributed by atoms with E-state index in [1.807, 2.05) is 19.9 Å². The number of aryl methyl sites for hydroxylation is 1. The van der Waals surface area contributed by atoms with Crippen molar-refractivity contribution in [2.45, 2.75) is 13.8 Å². The fourth-order valence-corrected chi connectivity index (χ4v) is 2.28. The van der Waals surface area contributed by atoms with Crippen LogP contribution in [0.5, 0.6) is 11.5 Å². The summed E-state index contributed by atoms with van der Waals surface area (Å²) in [5, 5.41) is 3.30. The summed E-state index contributed by atoms with van der Waals surface area (Å²) in [7, 11) is 1.54. The lowest BCUT2D eigenvalue weighted by atomic mass is 10.1. The molecule has 0 bridgehead atoms. The number of carbonyl (C=O) groups excluding carboxylic acids is 1. The van der Waals surface area contributed by atoms with E-state index in [2.05, 4.69) is 5.32 Å². The van der Waals surface area contributed by atoms with E-state index in [9.17, 15) is 4.79 Å². The van der Waals surface area contributed by atoms with Crippen molar-refractivity contribution in [1.82, 2.24) is 0 Å². The molecule has 22 heavy (non-hydrogen) atoms. The van der Waals surface area contributed by atoms with Crippen LogP contribution in [0.4, 0.5) is 5.69 Å². The molecule has 1 N–H and O–H groups in total. The molecule has 0 spiro atoms. The number of methoxy groups -OCH3 is 1. The van der Waals surface area contributed by atoms with Gasteiger partial charge in [0.25, 0.3) is 5.91 Å². The van der Waals surface area contributed by atoms with Crippen LogP contribution in [0, 0.1) is 6.92 Å². The van der Waals surface area contributed by atoms with Gasteiger partial charge in [-0.1, -0.05) is 17.7 Å². The number of halogens is 1. The Morgan fingerprint density at radius 2 is 1.95 bits per heavy atom. The second kappa shape index (κ2) is 7.18. The van der Waals surface area contributed by atoms with E-state index in [-0.39, 0.29) is 5.91 Å². The third kappa shape index (κ3) is 3.71. The molecule has 0 radical (unpaired) electrons. The van der Waals surface area contributed by atoms with E-state index >= 15 is 0 Å². The zero-order chi connectivity index (χ0) is 16.1. The number of anilines is 1. The van der Waals surface area contributed by atoms with Gasteiger partial charge in [0.15, 0.2) is 11.5 Å². The Hall–Kier alpha value is -2.20. The molecule has 0 unspecified atom stereocenters. The molecule has 0 saturated heterocycles. The van der Waals surface area contributed by atoms with Crippen LogP contribution in [0.15, 0.2) is 36.4 Å². The maximum atomic E-state index is 12.3. The number of nitrogens with one attached hydrogen (secondary N) is 1. The summed E-state index contributed by atoms with van der Waals surface area (Å²) in [5.74, 6) is 0.867. The summed E-state index contributed by atoms with van der Waals surface area (Å²) in [6, 6.07) is 10.5. The largest absolute Gasteiger partial charge is 0.493 e. The second-order valence-electron chi connectivity index (χ2n) is 4.74. The van der Waals surface area contributed by atoms with Gasteiger partial charge < -0.3 is 14.8 Å². The highest BCUT2D eigenvalue weighted by molar-refractivity contribution is 6.34. The van der Waals surface area contributed by atoms with E-state index in [4.69, 9.17) is 21.1 Å². The summed E-state index contributed by atoms with van der Waals surface area (Å²) in [4.78, 5) is 12.3. The molecule has 4 nitrogen and oxygen atoms in total. The van der Waals surface area contributed by atoms with Crippen LogP contribution in [0.1, 0.15) is 22.8 Å². The smallest absolute Gasteiger partial charge is 0.255 e. The van der Waals surface area contributed by atoms with Crippen LogP contribution >= 0.6 is 11.6 Å². The molecule has 2 rings (SSSR count). The predicted molar refractivity (Wildman–Crippen MR) is 88.3 cm³/mol. The van der Waals surface area contributed by atoms with Crippen LogP contribution in [0.25, 0.3) is 0 Å². The molecule has 0 aliphatic heterocycles. The molecule has 2 aromatic rings. The van der Waals surface area contributed by atoms with Gasteiger partial charge in [0.1, 0.15) is 0 Å². The first-order chi connectivity index (χ1) is 10.5. The summed E-state index contributed by atoms with van der Waals surface area (Å²) >= 11 is 6.13. The molecule has 0 aliphatic rings. The molecule has 0 saturated carbocycles. The van der Waals surface area contributed by atoms with Gasteiger partial charge in [0.2, 0.25) is 0 Å². The molecule has 0 fully saturated rings. The Kier molecular flexibility index (Phi) is 5.28. The molecule has 0 heterocycles. The number of benzene rings is 2. The maximum Gasteiger partial charge on any atom is 0.255 e. The van der Waals surface area contributed by atoms with Crippen molar-refractivity contribution >= 4 is 23.2 Å². The molecular formula is C17H18ClNO3. The van der Waals surface area contributed by atoms with Gasteiger partial charge in [0, 0.05) is 5.56 Å². The average Bonchev–Trinajstić information content (AvgIpc) is 2.50. The number of hydrogen-bond donors (Lipinski definition) is 1. The molecule has 2 aromatic carbocycles. The third-order valence-corrected chi connectivity index (χ3v) is 3.41. The van der Waals surface area contributed by atoms with Crippen molar-refractivity contribution in [2.24, 2.45) is 0 Å². The summed E-state index contributed by atoms with van der Waals surface area (Å²) in [6.07, 6.45) is 0. The van der Waals surface area contributed by atoms with E-state index in [0.717, 1.165) is 5.56 Å². The minimum Gasteiger partial charge on any atom is -0.493 e. The van der Waals surface area contributed by atoms with Crippen molar-refractivity contribution in [1.29, 1.82) is 0 Å². The van der Waals surface area contributed by atoms with Gasteiger partial charge in [0.05, 0.1) is 24.4 Å². The highest BCUT2D eigenvalue weighted by Crippen LogP contribution is 2.29. The van der Waals surface area contributed by atoms with Gasteiger partial charge in [-0.2, -0.15) is 0 Å². The maximum absolute atomic E-state index is 12.3. The number of amides is 1. The minimum absolute atomic E-state index is 0.257. The lowest BCUT2D eigenvalue weighted by molar-refractivity contribution is 0.102. The van der Waals surface area contributed by atoms with Gasteiger partial charge in [-0.25, -0.2) is 0 Å². The molecular weight excluding hydrogens is 302 g/mol. The molecule has 5 heteroatoms. The molecule has 116 valence electrons. The van der Waals surface area contributed by atoms with Crippen LogP contribution in [0.3, 0.4) is 0 Å². The first-order valence-electron chi connectivity index (χ1n) is 6.93. The molecule has 1 amide bonds. The van der Waals surface area contributed by atoms with Crippen molar-refractivity contribution in [3.8, 4) is 11.5 Å². The highest BCUT2D eigenvalue weighted by atomic mass is 35.5. The van der Waals surface area contributed by atoms with Gasteiger partial charge in [-0.05, 0) is 49.7 Å². The summed E-state index contributed by atoms with van der Waals surface area (Å²) in [6.45, 7) is 4.36. The number of rotatable bonds is 5. The number of ether oxygens (including phenoxy) is 2.